The molecular formula is C25H37NO5. The van der Waals surface area contributed by atoms with Crippen LogP contribution in [0.1, 0.15) is 75.3 Å². The van der Waals surface area contributed by atoms with Crippen molar-refractivity contribution in [1.82, 2.24) is 4.90 Å². The quantitative estimate of drug-likeness (QED) is 0.590. The van der Waals surface area contributed by atoms with Gasteiger partial charge in [-0.25, -0.2) is 4.79 Å². The third kappa shape index (κ3) is 5.16. The fraction of sp³-hybridized carbons (Fsp3) is 0.680. The molecule has 1 aliphatic carbocycles. The molecule has 1 amide bonds. The van der Waals surface area contributed by atoms with Gasteiger partial charge in [-0.1, -0.05) is 25.3 Å². The summed E-state index contributed by atoms with van der Waals surface area (Å²) in [6, 6.07) is 3.53. The zero-order valence-corrected chi connectivity index (χ0v) is 19.4. The van der Waals surface area contributed by atoms with E-state index in [0.717, 1.165) is 49.7 Å². The maximum Gasteiger partial charge on any atom is 0.328 e. The van der Waals surface area contributed by atoms with Gasteiger partial charge in [-0.3, -0.25) is 4.79 Å². The number of aryl methyl sites for hydroxylation is 1. The lowest BCUT2D eigenvalue weighted by Crippen LogP contribution is -2.51. The number of likely N-dealkylation sites (tertiary alicyclic amines) is 1. The van der Waals surface area contributed by atoms with Gasteiger partial charge in [0.05, 0.1) is 26.7 Å². The van der Waals surface area contributed by atoms with Crippen molar-refractivity contribution in [2.45, 2.75) is 77.2 Å². The van der Waals surface area contributed by atoms with Gasteiger partial charge in [0.25, 0.3) is 0 Å². The number of piperidine rings is 1. The van der Waals surface area contributed by atoms with Gasteiger partial charge in [-0.15, -0.1) is 0 Å². The standard InChI is InChI=1S/C25H37NO5/c1-5-31-25(28)20-13-9-10-14-26(20)24(27)22(18-11-7-6-8-12-18)19-15-17(2)23(30-4)21(16-19)29-3/h15-16,18,20,22H,5-14H2,1-4H3/t20-,22-/m0/s1. The monoisotopic (exact) mass is 431 g/mol. The van der Waals surface area contributed by atoms with Crippen molar-refractivity contribution in [1.29, 1.82) is 0 Å². The van der Waals surface area contributed by atoms with E-state index >= 15 is 0 Å². The zero-order valence-electron chi connectivity index (χ0n) is 19.4. The average molecular weight is 432 g/mol. The molecule has 2 fully saturated rings. The number of ether oxygens (including phenoxy) is 3. The van der Waals surface area contributed by atoms with E-state index in [0.29, 0.717) is 31.1 Å². The second kappa shape index (κ2) is 10.9. The number of carbonyl (C=O) groups excluding carboxylic acids is 2. The highest BCUT2D eigenvalue weighted by Crippen LogP contribution is 2.42. The first-order valence-electron chi connectivity index (χ1n) is 11.7. The SMILES string of the molecule is CCOC(=O)[C@@H]1CCCCN1C(=O)[C@H](c1cc(C)c(OC)c(OC)c1)C1CCCCC1. The molecule has 1 saturated heterocycles. The fourth-order valence-corrected chi connectivity index (χ4v) is 5.30. The van der Waals surface area contributed by atoms with Gasteiger partial charge in [0.15, 0.2) is 11.5 Å². The molecule has 0 aromatic heterocycles. The molecule has 6 heteroatoms. The molecular weight excluding hydrogens is 394 g/mol. The van der Waals surface area contributed by atoms with Crippen molar-refractivity contribution in [2.24, 2.45) is 5.92 Å². The Labute approximate surface area is 186 Å². The predicted molar refractivity (Wildman–Crippen MR) is 120 cm³/mol. The summed E-state index contributed by atoms with van der Waals surface area (Å²) >= 11 is 0. The van der Waals surface area contributed by atoms with E-state index < -0.39 is 6.04 Å². The lowest BCUT2D eigenvalue weighted by Gasteiger charge is -2.39. The van der Waals surface area contributed by atoms with E-state index in [-0.39, 0.29) is 23.7 Å². The molecule has 1 aromatic carbocycles. The van der Waals surface area contributed by atoms with E-state index in [2.05, 4.69) is 6.07 Å². The zero-order chi connectivity index (χ0) is 22.4. The number of nitrogens with zero attached hydrogens (tertiary/aromatic N) is 1. The summed E-state index contributed by atoms with van der Waals surface area (Å²) in [4.78, 5) is 28.5. The summed E-state index contributed by atoms with van der Waals surface area (Å²) in [5, 5.41) is 0. The van der Waals surface area contributed by atoms with E-state index in [1.165, 1.54) is 6.42 Å². The second-order valence-electron chi connectivity index (χ2n) is 8.74. The summed E-state index contributed by atoms with van der Waals surface area (Å²) < 4.78 is 16.4. The highest BCUT2D eigenvalue weighted by molar-refractivity contribution is 5.89. The van der Waals surface area contributed by atoms with Crippen LogP contribution in [-0.4, -0.2) is 50.2 Å². The van der Waals surface area contributed by atoms with Crippen LogP contribution >= 0.6 is 0 Å². The molecule has 0 bridgehead atoms. The van der Waals surface area contributed by atoms with E-state index in [1.54, 1.807) is 19.1 Å². The Kier molecular flexibility index (Phi) is 8.22. The van der Waals surface area contributed by atoms with Crippen molar-refractivity contribution in [2.75, 3.05) is 27.4 Å². The van der Waals surface area contributed by atoms with Crippen molar-refractivity contribution in [3.05, 3.63) is 23.3 Å². The molecule has 0 radical (unpaired) electrons. The van der Waals surface area contributed by atoms with Gasteiger partial charge < -0.3 is 19.1 Å². The van der Waals surface area contributed by atoms with Crippen molar-refractivity contribution in [3.63, 3.8) is 0 Å². The highest BCUT2D eigenvalue weighted by atomic mass is 16.5. The number of esters is 1. The van der Waals surface area contributed by atoms with Crippen molar-refractivity contribution < 1.29 is 23.8 Å². The molecule has 3 rings (SSSR count). The van der Waals surface area contributed by atoms with E-state index in [1.807, 2.05) is 19.9 Å². The molecule has 0 spiro atoms. The lowest BCUT2D eigenvalue weighted by molar-refractivity contribution is -0.157. The van der Waals surface area contributed by atoms with Gasteiger partial charge >= 0.3 is 5.97 Å². The van der Waals surface area contributed by atoms with Crippen molar-refractivity contribution in [3.8, 4) is 11.5 Å². The van der Waals surface area contributed by atoms with Crippen LogP contribution in [0.3, 0.4) is 0 Å². The number of rotatable bonds is 7. The van der Waals surface area contributed by atoms with Crippen LogP contribution < -0.4 is 9.47 Å². The second-order valence-corrected chi connectivity index (χ2v) is 8.74. The first-order chi connectivity index (χ1) is 15.0. The maximum absolute atomic E-state index is 14.0. The third-order valence-corrected chi connectivity index (χ3v) is 6.78. The molecule has 1 aliphatic heterocycles. The number of benzene rings is 1. The number of hydrogen-bond acceptors (Lipinski definition) is 5. The Morgan fingerprint density at radius 1 is 1.03 bits per heavy atom. The number of methoxy groups -OCH3 is 2. The number of amides is 1. The normalized spacial score (nSPS) is 20.8. The summed E-state index contributed by atoms with van der Waals surface area (Å²) in [7, 11) is 3.26. The third-order valence-electron chi connectivity index (χ3n) is 6.78. The Balaban J connectivity index is 2.00. The first kappa shape index (κ1) is 23.4. The van der Waals surface area contributed by atoms with Crippen LogP contribution in [0.2, 0.25) is 0 Å². The minimum atomic E-state index is -0.478. The van der Waals surface area contributed by atoms with Crippen molar-refractivity contribution >= 4 is 11.9 Å². The minimum absolute atomic E-state index is 0.0521. The summed E-state index contributed by atoms with van der Waals surface area (Å²) in [6.45, 7) is 4.73. The number of carbonyl (C=O) groups is 2. The van der Waals surface area contributed by atoms with Gasteiger partial charge in [-0.2, -0.15) is 0 Å². The van der Waals surface area contributed by atoms with Crippen LogP contribution in [0.25, 0.3) is 0 Å². The Morgan fingerprint density at radius 3 is 2.39 bits per heavy atom. The lowest BCUT2D eigenvalue weighted by atomic mass is 9.75. The molecule has 6 nitrogen and oxygen atoms in total. The molecule has 1 aromatic rings. The molecule has 31 heavy (non-hydrogen) atoms. The molecule has 2 atom stereocenters. The van der Waals surface area contributed by atoms with Crippen LogP contribution in [0, 0.1) is 12.8 Å². The molecule has 1 saturated carbocycles. The van der Waals surface area contributed by atoms with Crippen LogP contribution in [0.15, 0.2) is 12.1 Å². The molecule has 172 valence electrons. The molecule has 0 unspecified atom stereocenters. The number of hydrogen-bond donors (Lipinski definition) is 0. The van der Waals surface area contributed by atoms with Crippen LogP contribution in [0.4, 0.5) is 0 Å². The first-order valence-corrected chi connectivity index (χ1v) is 11.7. The molecule has 0 N–H and O–H groups in total. The maximum atomic E-state index is 14.0. The highest BCUT2D eigenvalue weighted by Gasteiger charge is 2.40. The molecule has 2 aliphatic rings. The fourth-order valence-electron chi connectivity index (χ4n) is 5.30. The Bertz CT molecular complexity index is 771. The Morgan fingerprint density at radius 2 is 1.74 bits per heavy atom. The minimum Gasteiger partial charge on any atom is -0.493 e. The summed E-state index contributed by atoms with van der Waals surface area (Å²) in [6.07, 6.45) is 8.10. The topological polar surface area (TPSA) is 65.1 Å². The Hall–Kier alpha value is -2.24. The predicted octanol–water partition coefficient (Wildman–Crippen LogP) is 4.62. The van der Waals surface area contributed by atoms with Gasteiger partial charge in [0, 0.05) is 6.54 Å². The summed E-state index contributed by atoms with van der Waals surface area (Å²) in [5.74, 6) is 1.10. The summed E-state index contributed by atoms with van der Waals surface area (Å²) in [5.41, 5.74) is 1.91. The van der Waals surface area contributed by atoms with Crippen LogP contribution in [-0.2, 0) is 14.3 Å². The van der Waals surface area contributed by atoms with E-state index in [9.17, 15) is 9.59 Å². The van der Waals surface area contributed by atoms with Gasteiger partial charge in [0.1, 0.15) is 6.04 Å². The van der Waals surface area contributed by atoms with Crippen LogP contribution in [0.5, 0.6) is 11.5 Å². The largest absolute Gasteiger partial charge is 0.493 e. The average Bonchev–Trinajstić information content (AvgIpc) is 2.79. The molecule has 1 heterocycles. The smallest absolute Gasteiger partial charge is 0.328 e. The van der Waals surface area contributed by atoms with E-state index in [4.69, 9.17) is 14.2 Å². The van der Waals surface area contributed by atoms with Gasteiger partial charge in [0.2, 0.25) is 5.91 Å². The van der Waals surface area contributed by atoms with Gasteiger partial charge in [-0.05, 0) is 69.1 Å².